The highest BCUT2D eigenvalue weighted by molar-refractivity contribution is 5.88. The Morgan fingerprint density at radius 1 is 1.45 bits per heavy atom. The van der Waals surface area contributed by atoms with E-state index >= 15 is 0 Å². The number of likely N-dealkylation sites (tertiary alicyclic amines) is 1. The number of amides is 1. The highest BCUT2D eigenvalue weighted by atomic mass is 16.4. The van der Waals surface area contributed by atoms with Crippen LogP contribution in [0.15, 0.2) is 12.5 Å². The molecule has 2 heterocycles. The first-order valence-electron chi connectivity index (χ1n) is 6.58. The number of aromatic nitrogens is 2. The maximum absolute atomic E-state index is 11.5. The van der Waals surface area contributed by atoms with Gasteiger partial charge in [0.2, 0.25) is 5.91 Å². The van der Waals surface area contributed by atoms with Crippen LogP contribution in [-0.4, -0.2) is 52.0 Å². The van der Waals surface area contributed by atoms with Crippen LogP contribution in [0.2, 0.25) is 0 Å². The van der Waals surface area contributed by atoms with Gasteiger partial charge in [0.1, 0.15) is 11.9 Å². The van der Waals surface area contributed by atoms with Gasteiger partial charge in [0.25, 0.3) is 0 Å². The van der Waals surface area contributed by atoms with Crippen molar-refractivity contribution >= 4 is 11.9 Å². The Balaban J connectivity index is 1.96. The van der Waals surface area contributed by atoms with Gasteiger partial charge < -0.3 is 10.4 Å². The first kappa shape index (κ1) is 14.4. The van der Waals surface area contributed by atoms with Crippen molar-refractivity contribution in [2.75, 3.05) is 20.1 Å². The lowest BCUT2D eigenvalue weighted by molar-refractivity contribution is -0.125. The number of carboxylic acid groups (broad SMARTS) is 1. The minimum atomic E-state index is -1.01. The zero-order valence-electron chi connectivity index (χ0n) is 11.4. The van der Waals surface area contributed by atoms with Crippen LogP contribution in [0, 0.1) is 5.92 Å². The number of rotatable bonds is 4. The van der Waals surface area contributed by atoms with E-state index in [4.69, 9.17) is 5.11 Å². The molecule has 2 rings (SSSR count). The lowest BCUT2D eigenvalue weighted by atomic mass is 9.96. The van der Waals surface area contributed by atoms with Crippen molar-refractivity contribution in [3.05, 3.63) is 23.8 Å². The van der Waals surface area contributed by atoms with E-state index in [-0.39, 0.29) is 17.4 Å². The summed E-state index contributed by atoms with van der Waals surface area (Å²) in [6, 6.07) is 0. The van der Waals surface area contributed by atoms with E-state index in [0.29, 0.717) is 12.2 Å². The fourth-order valence-corrected chi connectivity index (χ4v) is 2.43. The monoisotopic (exact) mass is 278 g/mol. The van der Waals surface area contributed by atoms with Gasteiger partial charge in [-0.25, -0.2) is 14.8 Å². The second kappa shape index (κ2) is 6.42. The lowest BCUT2D eigenvalue weighted by Gasteiger charge is -2.30. The SMILES string of the molecule is CNC(=O)C1CCN(Cc2ncncc2C(=O)O)CC1. The van der Waals surface area contributed by atoms with Gasteiger partial charge in [0.15, 0.2) is 0 Å². The topological polar surface area (TPSA) is 95.4 Å². The van der Waals surface area contributed by atoms with E-state index in [9.17, 15) is 9.59 Å². The van der Waals surface area contributed by atoms with Gasteiger partial charge in [-0.3, -0.25) is 9.69 Å². The van der Waals surface area contributed by atoms with Crippen LogP contribution in [0.25, 0.3) is 0 Å². The molecule has 0 radical (unpaired) electrons. The predicted octanol–water partition coefficient (Wildman–Crippen LogP) is 0.133. The van der Waals surface area contributed by atoms with Gasteiger partial charge >= 0.3 is 5.97 Å². The molecular weight excluding hydrogens is 260 g/mol. The average Bonchev–Trinajstić information content (AvgIpc) is 2.47. The third-order valence-electron chi connectivity index (χ3n) is 3.60. The zero-order chi connectivity index (χ0) is 14.5. The van der Waals surface area contributed by atoms with Gasteiger partial charge in [-0.05, 0) is 25.9 Å². The molecule has 0 spiro atoms. The number of aromatic carboxylic acids is 1. The van der Waals surface area contributed by atoms with Crippen LogP contribution < -0.4 is 5.32 Å². The van der Waals surface area contributed by atoms with Crippen molar-refractivity contribution in [1.82, 2.24) is 20.2 Å². The van der Waals surface area contributed by atoms with Crippen molar-refractivity contribution in [3.8, 4) is 0 Å². The van der Waals surface area contributed by atoms with Crippen molar-refractivity contribution < 1.29 is 14.7 Å². The summed E-state index contributed by atoms with van der Waals surface area (Å²) in [5.74, 6) is -0.876. The number of carboxylic acids is 1. The summed E-state index contributed by atoms with van der Waals surface area (Å²) in [7, 11) is 1.65. The summed E-state index contributed by atoms with van der Waals surface area (Å²) in [6.45, 7) is 2.01. The molecule has 7 nitrogen and oxygen atoms in total. The fraction of sp³-hybridized carbons (Fsp3) is 0.538. The Kier molecular flexibility index (Phi) is 4.62. The largest absolute Gasteiger partial charge is 0.478 e. The van der Waals surface area contributed by atoms with Crippen LogP contribution in [0.5, 0.6) is 0 Å². The molecule has 0 bridgehead atoms. The first-order valence-corrected chi connectivity index (χ1v) is 6.58. The summed E-state index contributed by atoms with van der Waals surface area (Å²) in [5.41, 5.74) is 0.659. The second-order valence-electron chi connectivity index (χ2n) is 4.85. The van der Waals surface area contributed by atoms with Gasteiger partial charge in [0, 0.05) is 25.7 Å². The molecule has 1 amide bonds. The van der Waals surface area contributed by atoms with Crippen LogP contribution in [0.1, 0.15) is 28.9 Å². The van der Waals surface area contributed by atoms with Crippen molar-refractivity contribution in [3.63, 3.8) is 0 Å². The number of carbonyl (C=O) groups is 2. The average molecular weight is 278 g/mol. The molecule has 1 fully saturated rings. The minimum Gasteiger partial charge on any atom is -0.478 e. The highest BCUT2D eigenvalue weighted by Gasteiger charge is 2.25. The molecular formula is C13H18N4O3. The molecule has 7 heteroatoms. The number of nitrogens with zero attached hydrogens (tertiary/aromatic N) is 3. The summed E-state index contributed by atoms with van der Waals surface area (Å²) in [4.78, 5) is 32.6. The van der Waals surface area contributed by atoms with E-state index in [0.717, 1.165) is 25.9 Å². The molecule has 1 aromatic rings. The fourth-order valence-electron chi connectivity index (χ4n) is 2.43. The molecule has 1 aromatic heterocycles. The smallest absolute Gasteiger partial charge is 0.339 e. The maximum Gasteiger partial charge on any atom is 0.339 e. The number of piperidine rings is 1. The van der Waals surface area contributed by atoms with Crippen LogP contribution in [0.3, 0.4) is 0 Å². The Labute approximate surface area is 117 Å². The second-order valence-corrected chi connectivity index (χ2v) is 4.85. The van der Waals surface area contributed by atoms with Gasteiger partial charge in [-0.15, -0.1) is 0 Å². The summed E-state index contributed by atoms with van der Waals surface area (Å²) < 4.78 is 0. The first-order chi connectivity index (χ1) is 9.61. The Hall–Kier alpha value is -2.02. The molecule has 20 heavy (non-hydrogen) atoms. The van der Waals surface area contributed by atoms with Gasteiger partial charge in [0.05, 0.1) is 5.69 Å². The molecule has 1 saturated heterocycles. The minimum absolute atomic E-state index is 0.0561. The van der Waals surface area contributed by atoms with E-state index in [1.165, 1.54) is 12.5 Å². The number of carbonyl (C=O) groups excluding carboxylic acids is 1. The Morgan fingerprint density at radius 3 is 2.75 bits per heavy atom. The third-order valence-corrected chi connectivity index (χ3v) is 3.60. The number of hydrogen-bond donors (Lipinski definition) is 2. The van der Waals surface area contributed by atoms with Crippen molar-refractivity contribution in [2.24, 2.45) is 5.92 Å². The molecule has 0 unspecified atom stereocenters. The number of hydrogen-bond acceptors (Lipinski definition) is 5. The molecule has 0 atom stereocenters. The quantitative estimate of drug-likeness (QED) is 0.813. The van der Waals surface area contributed by atoms with Gasteiger partial charge in [-0.1, -0.05) is 0 Å². The Morgan fingerprint density at radius 2 is 2.15 bits per heavy atom. The van der Waals surface area contributed by atoms with Crippen molar-refractivity contribution in [1.29, 1.82) is 0 Å². The van der Waals surface area contributed by atoms with E-state index in [1.54, 1.807) is 7.05 Å². The van der Waals surface area contributed by atoms with E-state index in [1.807, 2.05) is 0 Å². The van der Waals surface area contributed by atoms with E-state index in [2.05, 4.69) is 20.2 Å². The summed E-state index contributed by atoms with van der Waals surface area (Å²) >= 11 is 0. The maximum atomic E-state index is 11.5. The normalized spacial score (nSPS) is 16.9. The summed E-state index contributed by atoms with van der Waals surface area (Å²) in [6.07, 6.45) is 4.25. The van der Waals surface area contributed by atoms with Crippen LogP contribution in [0.4, 0.5) is 0 Å². The van der Waals surface area contributed by atoms with Crippen LogP contribution in [-0.2, 0) is 11.3 Å². The Bertz CT molecular complexity index is 498. The molecule has 0 aliphatic carbocycles. The van der Waals surface area contributed by atoms with E-state index < -0.39 is 5.97 Å². The van der Waals surface area contributed by atoms with Gasteiger partial charge in [-0.2, -0.15) is 0 Å². The lowest BCUT2D eigenvalue weighted by Crippen LogP contribution is -2.39. The highest BCUT2D eigenvalue weighted by Crippen LogP contribution is 2.19. The molecule has 1 aliphatic rings. The zero-order valence-corrected chi connectivity index (χ0v) is 11.4. The predicted molar refractivity (Wildman–Crippen MR) is 71.1 cm³/mol. The third kappa shape index (κ3) is 3.30. The molecule has 1 aliphatic heterocycles. The summed E-state index contributed by atoms with van der Waals surface area (Å²) in [5, 5.41) is 11.8. The molecule has 0 aromatic carbocycles. The standard InChI is InChI=1S/C13H18N4O3/c1-14-12(18)9-2-4-17(5-3-9)7-11-10(13(19)20)6-15-8-16-11/h6,8-9H,2-5,7H2,1H3,(H,14,18)(H,19,20). The number of nitrogens with one attached hydrogen (secondary N) is 1. The molecule has 0 saturated carbocycles. The van der Waals surface area contributed by atoms with Crippen LogP contribution >= 0.6 is 0 Å². The van der Waals surface area contributed by atoms with Crippen molar-refractivity contribution in [2.45, 2.75) is 19.4 Å². The molecule has 108 valence electrons. The molecule has 2 N–H and O–H groups in total.